The van der Waals surface area contributed by atoms with Crippen LogP contribution in [0.1, 0.15) is 47.7 Å². The van der Waals surface area contributed by atoms with Gasteiger partial charge in [-0.2, -0.15) is 0 Å². The molecule has 1 aliphatic rings. The second kappa shape index (κ2) is 9.93. The molecule has 1 saturated heterocycles. The predicted octanol–water partition coefficient (Wildman–Crippen LogP) is 3.39. The topological polar surface area (TPSA) is 56.7 Å². The Kier molecular flexibility index (Phi) is 7.06. The first-order valence-electron chi connectivity index (χ1n) is 10.2. The monoisotopic (exact) mass is 378 g/mol. The molecule has 148 valence electrons. The minimum atomic E-state index is -0.0325. The van der Waals surface area contributed by atoms with E-state index >= 15 is 0 Å². The average Bonchev–Trinajstić information content (AvgIpc) is 3.22. The molecule has 2 aromatic rings. The highest BCUT2D eigenvalue weighted by molar-refractivity contribution is 5.94. The first-order valence-corrected chi connectivity index (χ1v) is 10.2. The highest BCUT2D eigenvalue weighted by Crippen LogP contribution is 2.27. The van der Waals surface area contributed by atoms with Gasteiger partial charge in [0, 0.05) is 37.7 Å². The number of hydrogen-bond acceptors (Lipinski definition) is 2. The van der Waals surface area contributed by atoms with Gasteiger partial charge in [0.15, 0.2) is 5.96 Å². The Morgan fingerprint density at radius 3 is 2.43 bits per heavy atom. The van der Waals surface area contributed by atoms with Crippen LogP contribution in [0.3, 0.4) is 0 Å². The third-order valence-electron chi connectivity index (χ3n) is 5.06. The van der Waals surface area contributed by atoms with E-state index < -0.39 is 0 Å². The summed E-state index contributed by atoms with van der Waals surface area (Å²) in [5.41, 5.74) is 3.19. The van der Waals surface area contributed by atoms with Crippen LogP contribution in [-0.2, 0) is 6.54 Å². The number of rotatable bonds is 6. The van der Waals surface area contributed by atoms with E-state index in [4.69, 9.17) is 4.99 Å². The summed E-state index contributed by atoms with van der Waals surface area (Å²) in [5, 5.41) is 6.24. The maximum Gasteiger partial charge on any atom is 0.251 e. The molecule has 0 aliphatic carbocycles. The molecule has 1 unspecified atom stereocenters. The molecule has 3 rings (SSSR count). The Bertz CT molecular complexity index is 786. The zero-order valence-corrected chi connectivity index (χ0v) is 16.8. The maximum absolute atomic E-state index is 11.9. The van der Waals surface area contributed by atoms with Gasteiger partial charge in [-0.1, -0.05) is 42.5 Å². The fourth-order valence-electron chi connectivity index (χ4n) is 3.57. The molecule has 2 N–H and O–H groups in total. The van der Waals surface area contributed by atoms with E-state index in [-0.39, 0.29) is 5.91 Å². The minimum absolute atomic E-state index is 0.0325. The Morgan fingerprint density at radius 2 is 1.75 bits per heavy atom. The van der Waals surface area contributed by atoms with Gasteiger partial charge >= 0.3 is 0 Å². The Labute approximate surface area is 167 Å². The van der Waals surface area contributed by atoms with Crippen LogP contribution in [0.5, 0.6) is 0 Å². The van der Waals surface area contributed by atoms with Crippen molar-refractivity contribution in [3.8, 4) is 0 Å². The number of likely N-dealkylation sites (tertiary alicyclic amines) is 1. The normalized spacial score (nSPS) is 16.9. The minimum Gasteiger partial charge on any atom is -0.357 e. The number of guanidine groups is 1. The van der Waals surface area contributed by atoms with Crippen molar-refractivity contribution in [1.29, 1.82) is 0 Å². The van der Waals surface area contributed by atoms with Gasteiger partial charge in [0.2, 0.25) is 0 Å². The summed E-state index contributed by atoms with van der Waals surface area (Å²) >= 11 is 0. The fraction of sp³-hybridized carbons (Fsp3) is 0.391. The summed E-state index contributed by atoms with van der Waals surface area (Å²) in [6.45, 7) is 8.11. The number of nitrogens with one attached hydrogen (secondary N) is 2. The second-order valence-corrected chi connectivity index (χ2v) is 7.07. The third-order valence-corrected chi connectivity index (χ3v) is 5.06. The molecule has 0 bridgehead atoms. The van der Waals surface area contributed by atoms with Crippen molar-refractivity contribution >= 4 is 11.9 Å². The summed E-state index contributed by atoms with van der Waals surface area (Å²) in [6.07, 6.45) is 1.15. The van der Waals surface area contributed by atoms with Gasteiger partial charge in [-0.05, 0) is 43.5 Å². The van der Waals surface area contributed by atoms with Crippen LogP contribution in [0.15, 0.2) is 59.6 Å². The summed E-state index contributed by atoms with van der Waals surface area (Å²) in [6, 6.07) is 18.4. The lowest BCUT2D eigenvalue weighted by atomic mass is 9.99. The van der Waals surface area contributed by atoms with E-state index in [1.165, 1.54) is 5.56 Å². The second-order valence-electron chi connectivity index (χ2n) is 7.07. The van der Waals surface area contributed by atoms with Crippen molar-refractivity contribution in [3.63, 3.8) is 0 Å². The smallest absolute Gasteiger partial charge is 0.251 e. The van der Waals surface area contributed by atoms with E-state index in [9.17, 15) is 4.79 Å². The molecule has 1 atom stereocenters. The van der Waals surface area contributed by atoms with Crippen LogP contribution in [-0.4, -0.2) is 42.9 Å². The molecule has 5 nitrogen and oxygen atoms in total. The largest absolute Gasteiger partial charge is 0.357 e. The van der Waals surface area contributed by atoms with Crippen molar-refractivity contribution in [2.45, 2.75) is 32.7 Å². The SMILES string of the molecule is CCNC(=O)c1ccc(CN=C(NCC)N2CCC(c3ccccc3)C2)cc1. The fourth-order valence-corrected chi connectivity index (χ4v) is 3.57. The lowest BCUT2D eigenvalue weighted by Crippen LogP contribution is -2.40. The molecule has 28 heavy (non-hydrogen) atoms. The molecule has 2 aromatic carbocycles. The molecule has 1 fully saturated rings. The Morgan fingerprint density at radius 1 is 1.04 bits per heavy atom. The quantitative estimate of drug-likeness (QED) is 0.598. The summed E-state index contributed by atoms with van der Waals surface area (Å²) in [5.74, 6) is 1.49. The molecular formula is C23H30N4O. The zero-order valence-electron chi connectivity index (χ0n) is 16.8. The lowest BCUT2D eigenvalue weighted by Gasteiger charge is -2.22. The van der Waals surface area contributed by atoms with E-state index in [1.807, 2.05) is 31.2 Å². The van der Waals surface area contributed by atoms with Crippen LogP contribution in [0.4, 0.5) is 0 Å². The number of carbonyl (C=O) groups excluding carboxylic acids is 1. The molecule has 1 aliphatic heterocycles. The number of carbonyl (C=O) groups is 1. The molecule has 0 aromatic heterocycles. The van der Waals surface area contributed by atoms with Gasteiger partial charge in [-0.15, -0.1) is 0 Å². The molecule has 1 amide bonds. The van der Waals surface area contributed by atoms with Crippen molar-refractivity contribution in [2.24, 2.45) is 4.99 Å². The van der Waals surface area contributed by atoms with Gasteiger partial charge in [-0.3, -0.25) is 4.79 Å². The highest BCUT2D eigenvalue weighted by atomic mass is 16.1. The van der Waals surface area contributed by atoms with Crippen LogP contribution in [0.25, 0.3) is 0 Å². The third kappa shape index (κ3) is 5.12. The number of hydrogen-bond donors (Lipinski definition) is 2. The Hall–Kier alpha value is -2.82. The molecule has 0 radical (unpaired) electrons. The average molecular weight is 379 g/mol. The van der Waals surface area contributed by atoms with Gasteiger partial charge in [-0.25, -0.2) is 4.99 Å². The van der Waals surface area contributed by atoms with Crippen LogP contribution in [0, 0.1) is 0 Å². The van der Waals surface area contributed by atoms with E-state index in [1.54, 1.807) is 0 Å². The number of amides is 1. The molecular weight excluding hydrogens is 348 g/mol. The van der Waals surface area contributed by atoms with Gasteiger partial charge in [0.25, 0.3) is 5.91 Å². The van der Waals surface area contributed by atoms with Crippen molar-refractivity contribution in [2.75, 3.05) is 26.2 Å². The molecule has 5 heteroatoms. The first-order chi connectivity index (χ1) is 13.7. The van der Waals surface area contributed by atoms with E-state index in [0.29, 0.717) is 24.6 Å². The summed E-state index contributed by atoms with van der Waals surface area (Å²) in [7, 11) is 0. The molecule has 0 spiro atoms. The lowest BCUT2D eigenvalue weighted by molar-refractivity contribution is 0.0956. The van der Waals surface area contributed by atoms with Crippen molar-refractivity contribution in [1.82, 2.24) is 15.5 Å². The number of nitrogens with zero attached hydrogens (tertiary/aromatic N) is 2. The number of benzene rings is 2. The summed E-state index contributed by atoms with van der Waals surface area (Å²) < 4.78 is 0. The first kappa shape index (κ1) is 19.9. The Balaban J connectivity index is 1.64. The van der Waals surface area contributed by atoms with Crippen molar-refractivity contribution < 1.29 is 4.79 Å². The number of aliphatic imine (C=N–C) groups is 1. The molecule has 1 heterocycles. The molecule has 0 saturated carbocycles. The zero-order chi connectivity index (χ0) is 19.8. The maximum atomic E-state index is 11.9. The van der Waals surface area contributed by atoms with Gasteiger partial charge in [0.05, 0.1) is 6.54 Å². The van der Waals surface area contributed by atoms with E-state index in [0.717, 1.165) is 37.6 Å². The summed E-state index contributed by atoms with van der Waals surface area (Å²) in [4.78, 5) is 19.1. The predicted molar refractivity (Wildman–Crippen MR) is 115 cm³/mol. The van der Waals surface area contributed by atoms with Crippen molar-refractivity contribution in [3.05, 3.63) is 71.3 Å². The van der Waals surface area contributed by atoms with Gasteiger partial charge in [0.1, 0.15) is 0 Å². The van der Waals surface area contributed by atoms with E-state index in [2.05, 4.69) is 52.8 Å². The van der Waals surface area contributed by atoms with Crippen LogP contribution >= 0.6 is 0 Å². The van der Waals surface area contributed by atoms with Crippen LogP contribution < -0.4 is 10.6 Å². The van der Waals surface area contributed by atoms with Crippen LogP contribution in [0.2, 0.25) is 0 Å². The highest BCUT2D eigenvalue weighted by Gasteiger charge is 2.25. The van der Waals surface area contributed by atoms with Gasteiger partial charge < -0.3 is 15.5 Å². The standard InChI is InChI=1S/C23H30N4O/c1-3-24-22(28)20-12-10-18(11-13-20)16-26-23(25-4-2)27-15-14-21(17-27)19-8-6-5-7-9-19/h5-13,21H,3-4,14-17H2,1-2H3,(H,24,28)(H,25,26).